The van der Waals surface area contributed by atoms with E-state index < -0.39 is 20.0 Å². The summed E-state index contributed by atoms with van der Waals surface area (Å²) < 4.78 is 0. The molecule has 0 saturated heterocycles. The molecule has 0 rings (SSSR count). The molecular formula is C15H28NO4P. The van der Waals surface area contributed by atoms with Crippen LogP contribution in [0.15, 0.2) is 11.6 Å². The summed E-state index contributed by atoms with van der Waals surface area (Å²) in [5, 5.41) is 17.3. The van der Waals surface area contributed by atoms with Gasteiger partial charge in [-0.15, -0.1) is 0 Å². The second kappa shape index (κ2) is 11.8. The van der Waals surface area contributed by atoms with E-state index in [1.54, 1.807) is 6.08 Å². The molecule has 1 atom stereocenters. The Morgan fingerprint density at radius 2 is 1.71 bits per heavy atom. The van der Waals surface area contributed by atoms with Crippen molar-refractivity contribution in [2.75, 3.05) is 0 Å². The van der Waals surface area contributed by atoms with Crippen LogP contribution < -0.4 is 0 Å². The average molecular weight is 317 g/mol. The Morgan fingerprint density at radius 3 is 2.19 bits per heavy atom. The zero-order valence-electron chi connectivity index (χ0n) is 13.0. The number of carboxylic acids is 1. The van der Waals surface area contributed by atoms with E-state index in [1.807, 2.05) is 6.92 Å². The molecule has 0 aromatic heterocycles. The van der Waals surface area contributed by atoms with Crippen LogP contribution in [0.25, 0.3) is 0 Å². The summed E-state index contributed by atoms with van der Waals surface area (Å²) >= 11 is 0. The lowest BCUT2D eigenvalue weighted by molar-refractivity contribution is -0.132. The van der Waals surface area contributed by atoms with Crippen LogP contribution >= 0.6 is 8.38 Å². The molecule has 1 unspecified atom stereocenters. The normalized spacial score (nSPS) is 13.5. The summed E-state index contributed by atoms with van der Waals surface area (Å²) in [7, 11) is -2.49. The van der Waals surface area contributed by atoms with Crippen LogP contribution in [0.5, 0.6) is 0 Å². The highest BCUT2D eigenvalue weighted by Gasteiger charge is 2.30. The molecule has 0 aromatic carbocycles. The van der Waals surface area contributed by atoms with Gasteiger partial charge >= 0.3 is 5.97 Å². The highest BCUT2D eigenvalue weighted by molar-refractivity contribution is 7.47. The summed E-state index contributed by atoms with van der Waals surface area (Å²) in [5.74, 6) is -1.16. The molecule has 0 aliphatic heterocycles. The van der Waals surface area contributed by atoms with Gasteiger partial charge in [0.2, 0.25) is 0 Å². The third-order valence-corrected chi connectivity index (χ3v) is 4.38. The second-order valence-electron chi connectivity index (χ2n) is 5.17. The zero-order valence-corrected chi connectivity index (χ0v) is 13.9. The van der Waals surface area contributed by atoms with Gasteiger partial charge in [-0.2, -0.15) is 0 Å². The summed E-state index contributed by atoms with van der Waals surface area (Å²) in [6.45, 7) is 4.11. The molecule has 0 radical (unpaired) electrons. The summed E-state index contributed by atoms with van der Waals surface area (Å²) in [4.78, 5) is 30.4. The molecule has 0 heterocycles. The highest BCUT2D eigenvalue weighted by Crippen LogP contribution is 2.38. The molecule has 0 saturated carbocycles. The Kier molecular flexibility index (Phi) is 11.4. The summed E-state index contributed by atoms with van der Waals surface area (Å²) in [6, 6.07) is 0. The van der Waals surface area contributed by atoms with Gasteiger partial charge in [-0.05, 0) is 25.7 Å². The van der Waals surface area contributed by atoms with Gasteiger partial charge in [-0.25, -0.2) is 4.79 Å². The predicted octanol–water partition coefficient (Wildman–Crippen LogP) is 3.84. The topological polar surface area (TPSA) is 102 Å². The number of rotatable bonds is 12. The lowest BCUT2D eigenvalue weighted by Crippen LogP contribution is -2.25. The van der Waals surface area contributed by atoms with Crippen LogP contribution in [0.4, 0.5) is 0 Å². The van der Waals surface area contributed by atoms with E-state index in [2.05, 4.69) is 6.92 Å². The van der Waals surface area contributed by atoms with Crippen LogP contribution in [0, 0.1) is 5.41 Å². The van der Waals surface area contributed by atoms with E-state index in [9.17, 15) is 19.7 Å². The standard InChI is InChI=1S/C15H28NO4P/c1-3-5-7-9-10-12(15(17)18)14(21(19)20)13(16)11-8-6-4-2/h10,14,16,19-20H,3-9,11H2,1-2H3,(H,17,18). The van der Waals surface area contributed by atoms with Gasteiger partial charge in [-0.3, -0.25) is 0 Å². The van der Waals surface area contributed by atoms with Crippen LogP contribution in [-0.4, -0.2) is 32.2 Å². The number of hydrogen-bond donors (Lipinski definition) is 4. The predicted molar refractivity (Wildman–Crippen MR) is 86.9 cm³/mol. The first kappa shape index (κ1) is 20.2. The molecular weight excluding hydrogens is 289 g/mol. The highest BCUT2D eigenvalue weighted by atomic mass is 31.2. The minimum atomic E-state index is -2.49. The fourth-order valence-corrected chi connectivity index (χ4v) is 2.99. The number of nitrogens with one attached hydrogen (secondary N) is 1. The average Bonchev–Trinajstić information content (AvgIpc) is 2.41. The molecule has 0 fully saturated rings. The lowest BCUT2D eigenvalue weighted by Gasteiger charge is -2.20. The minimum absolute atomic E-state index is 0.0382. The van der Waals surface area contributed by atoms with Crippen molar-refractivity contribution in [2.24, 2.45) is 0 Å². The Morgan fingerprint density at radius 1 is 1.14 bits per heavy atom. The van der Waals surface area contributed by atoms with Crippen LogP contribution in [-0.2, 0) is 4.79 Å². The van der Waals surface area contributed by atoms with E-state index in [0.717, 1.165) is 38.5 Å². The fourth-order valence-electron chi connectivity index (χ4n) is 2.12. The first-order valence-corrected chi connectivity index (χ1v) is 8.94. The smallest absolute Gasteiger partial charge is 0.332 e. The molecule has 0 bridgehead atoms. The van der Waals surface area contributed by atoms with Crippen molar-refractivity contribution in [1.29, 1.82) is 5.41 Å². The second-order valence-corrected chi connectivity index (χ2v) is 6.32. The van der Waals surface area contributed by atoms with Crippen molar-refractivity contribution in [3.05, 3.63) is 11.6 Å². The van der Waals surface area contributed by atoms with Gasteiger partial charge in [0.25, 0.3) is 0 Å². The van der Waals surface area contributed by atoms with Gasteiger partial charge in [0.1, 0.15) is 0 Å². The van der Waals surface area contributed by atoms with Gasteiger partial charge < -0.3 is 20.3 Å². The number of carboxylic acid groups (broad SMARTS) is 1. The van der Waals surface area contributed by atoms with Crippen LogP contribution in [0.2, 0.25) is 0 Å². The fraction of sp³-hybridized carbons (Fsp3) is 0.733. The first-order valence-electron chi connectivity index (χ1n) is 7.63. The maximum Gasteiger partial charge on any atom is 0.332 e. The molecule has 0 amide bonds. The van der Waals surface area contributed by atoms with Crippen molar-refractivity contribution in [1.82, 2.24) is 0 Å². The molecule has 4 N–H and O–H groups in total. The van der Waals surface area contributed by atoms with Crippen LogP contribution in [0.1, 0.15) is 65.2 Å². The van der Waals surface area contributed by atoms with Gasteiger partial charge in [0, 0.05) is 5.71 Å². The number of allylic oxidation sites excluding steroid dienone is 1. The first-order chi connectivity index (χ1) is 9.95. The molecule has 0 aromatic rings. The largest absolute Gasteiger partial charge is 0.478 e. The Labute approximate surface area is 128 Å². The van der Waals surface area contributed by atoms with Crippen molar-refractivity contribution in [3.8, 4) is 0 Å². The molecule has 0 aliphatic carbocycles. The Hall–Kier alpha value is -0.770. The van der Waals surface area contributed by atoms with Gasteiger partial charge in [0.05, 0.1) is 11.2 Å². The number of aliphatic carboxylic acids is 1. The lowest BCUT2D eigenvalue weighted by atomic mass is 10.0. The van der Waals surface area contributed by atoms with E-state index >= 15 is 0 Å². The van der Waals surface area contributed by atoms with E-state index in [4.69, 9.17) is 5.41 Å². The van der Waals surface area contributed by atoms with Crippen molar-refractivity contribution in [2.45, 2.75) is 70.9 Å². The third-order valence-electron chi connectivity index (χ3n) is 3.32. The van der Waals surface area contributed by atoms with Crippen LogP contribution in [0.3, 0.4) is 0 Å². The molecule has 5 nitrogen and oxygen atoms in total. The van der Waals surface area contributed by atoms with E-state index in [1.165, 1.54) is 0 Å². The number of hydrogen-bond acceptors (Lipinski definition) is 4. The molecule has 0 spiro atoms. The maximum atomic E-state index is 11.4. The SMILES string of the molecule is CCCCCC=C(C(=O)O)C(C(=N)CCCCC)P(O)O. The summed E-state index contributed by atoms with van der Waals surface area (Å²) in [5.41, 5.74) is -0.983. The Balaban J connectivity index is 4.90. The molecule has 6 heteroatoms. The monoisotopic (exact) mass is 317 g/mol. The number of unbranched alkanes of at least 4 members (excludes halogenated alkanes) is 5. The molecule has 0 aliphatic rings. The minimum Gasteiger partial charge on any atom is -0.478 e. The van der Waals surface area contributed by atoms with E-state index in [-0.39, 0.29) is 11.3 Å². The molecule has 122 valence electrons. The summed E-state index contributed by atoms with van der Waals surface area (Å²) in [6.07, 6.45) is 8.22. The number of carbonyl (C=O) groups is 1. The third kappa shape index (κ3) is 8.30. The molecule has 21 heavy (non-hydrogen) atoms. The van der Waals surface area contributed by atoms with E-state index in [0.29, 0.717) is 12.8 Å². The van der Waals surface area contributed by atoms with Crippen molar-refractivity contribution < 1.29 is 19.7 Å². The van der Waals surface area contributed by atoms with Gasteiger partial charge in [-0.1, -0.05) is 45.6 Å². The van der Waals surface area contributed by atoms with Gasteiger partial charge in [0.15, 0.2) is 8.38 Å². The van der Waals surface area contributed by atoms with Crippen molar-refractivity contribution in [3.63, 3.8) is 0 Å². The zero-order chi connectivity index (χ0) is 16.3. The quantitative estimate of drug-likeness (QED) is 0.190. The Bertz CT molecular complexity index is 356. The maximum absolute atomic E-state index is 11.4. The van der Waals surface area contributed by atoms with Crippen molar-refractivity contribution >= 4 is 20.1 Å².